The van der Waals surface area contributed by atoms with Crippen LogP contribution in [0.3, 0.4) is 0 Å². The van der Waals surface area contributed by atoms with Crippen LogP contribution in [0, 0.1) is 11.3 Å². The zero-order valence-corrected chi connectivity index (χ0v) is 13.4. The van der Waals surface area contributed by atoms with E-state index in [-0.39, 0.29) is 29.2 Å². The first-order chi connectivity index (χ1) is 9.12. The Balaban J connectivity index is 2.43. The van der Waals surface area contributed by atoms with Gasteiger partial charge in [-0.1, -0.05) is 34.6 Å². The monoisotopic (exact) mass is 283 g/mol. The summed E-state index contributed by atoms with van der Waals surface area (Å²) in [6, 6.07) is -0.370. The predicted octanol–water partition coefficient (Wildman–Crippen LogP) is 1.12. The third-order valence-corrected chi connectivity index (χ3v) is 3.86. The van der Waals surface area contributed by atoms with Gasteiger partial charge in [0.05, 0.1) is 6.04 Å². The Hall–Kier alpha value is -1.10. The highest BCUT2D eigenvalue weighted by atomic mass is 16.2. The summed E-state index contributed by atoms with van der Waals surface area (Å²) in [6.45, 7) is 11.1. The van der Waals surface area contributed by atoms with Crippen LogP contribution in [0.4, 0.5) is 0 Å². The number of nitrogens with one attached hydrogen (secondary N) is 1. The van der Waals surface area contributed by atoms with Crippen molar-refractivity contribution >= 4 is 11.8 Å². The van der Waals surface area contributed by atoms with Crippen LogP contribution in [0.5, 0.6) is 0 Å². The molecule has 0 aromatic heterocycles. The zero-order valence-electron chi connectivity index (χ0n) is 13.4. The first-order valence-corrected chi connectivity index (χ1v) is 7.47. The highest BCUT2D eigenvalue weighted by Gasteiger charge is 2.30. The Bertz CT molecular complexity index is 353. The van der Waals surface area contributed by atoms with Crippen LogP contribution < -0.4 is 11.1 Å². The van der Waals surface area contributed by atoms with Crippen molar-refractivity contribution in [3.8, 4) is 0 Å². The topological polar surface area (TPSA) is 75.4 Å². The lowest BCUT2D eigenvalue weighted by atomic mass is 9.86. The van der Waals surface area contributed by atoms with Crippen LogP contribution >= 0.6 is 0 Å². The maximum atomic E-state index is 12.1. The highest BCUT2D eigenvalue weighted by Crippen LogP contribution is 2.18. The van der Waals surface area contributed by atoms with E-state index < -0.39 is 6.04 Å². The fraction of sp³-hybridized carbons (Fsp3) is 0.867. The summed E-state index contributed by atoms with van der Waals surface area (Å²) in [5.74, 6) is 0.141. The highest BCUT2D eigenvalue weighted by molar-refractivity contribution is 5.82. The third-order valence-electron chi connectivity index (χ3n) is 3.86. The molecule has 5 nitrogen and oxygen atoms in total. The maximum Gasteiger partial charge on any atom is 0.237 e. The van der Waals surface area contributed by atoms with Crippen molar-refractivity contribution in [3.05, 3.63) is 0 Å². The van der Waals surface area contributed by atoms with Gasteiger partial charge in [-0.25, -0.2) is 0 Å². The van der Waals surface area contributed by atoms with Crippen molar-refractivity contribution in [2.24, 2.45) is 17.1 Å². The van der Waals surface area contributed by atoms with Gasteiger partial charge in [0.15, 0.2) is 0 Å². The number of likely N-dealkylation sites (tertiary alicyclic amines) is 1. The molecule has 0 radical (unpaired) electrons. The van der Waals surface area contributed by atoms with Gasteiger partial charge in [0, 0.05) is 25.0 Å². The summed E-state index contributed by atoms with van der Waals surface area (Å²) in [6.07, 6.45) is 1.61. The summed E-state index contributed by atoms with van der Waals surface area (Å²) < 4.78 is 0. The largest absolute Gasteiger partial charge is 0.352 e. The number of carbonyl (C=O) groups excluding carboxylic acids is 2. The van der Waals surface area contributed by atoms with Crippen LogP contribution in [0.25, 0.3) is 0 Å². The van der Waals surface area contributed by atoms with E-state index in [9.17, 15) is 9.59 Å². The molecule has 0 saturated carbocycles. The van der Waals surface area contributed by atoms with Crippen LogP contribution in [0.15, 0.2) is 0 Å². The van der Waals surface area contributed by atoms with Gasteiger partial charge in [-0.2, -0.15) is 0 Å². The summed E-state index contributed by atoms with van der Waals surface area (Å²) in [5.41, 5.74) is 5.71. The number of nitrogens with zero attached hydrogens (tertiary/aromatic N) is 1. The van der Waals surface area contributed by atoms with E-state index in [0.717, 1.165) is 12.8 Å². The van der Waals surface area contributed by atoms with E-state index in [0.29, 0.717) is 13.1 Å². The van der Waals surface area contributed by atoms with Crippen molar-refractivity contribution < 1.29 is 9.59 Å². The predicted molar refractivity (Wildman–Crippen MR) is 80.0 cm³/mol. The molecule has 1 aliphatic rings. The minimum atomic E-state index is -0.502. The second-order valence-corrected chi connectivity index (χ2v) is 7.11. The lowest BCUT2D eigenvalue weighted by molar-refractivity contribution is -0.135. The summed E-state index contributed by atoms with van der Waals surface area (Å²) in [4.78, 5) is 25.8. The smallest absolute Gasteiger partial charge is 0.237 e. The number of rotatable bonds is 3. The quantitative estimate of drug-likeness (QED) is 0.815. The fourth-order valence-corrected chi connectivity index (χ4v) is 2.29. The molecule has 1 atom stereocenters. The molecule has 0 bridgehead atoms. The Kier molecular flexibility index (Phi) is 5.57. The minimum Gasteiger partial charge on any atom is -0.352 e. The van der Waals surface area contributed by atoms with Crippen molar-refractivity contribution in [1.82, 2.24) is 10.2 Å². The lowest BCUT2D eigenvalue weighted by Gasteiger charge is -2.35. The van der Waals surface area contributed by atoms with Gasteiger partial charge in [-0.15, -0.1) is 0 Å². The average molecular weight is 283 g/mol. The number of carbonyl (C=O) groups is 2. The molecule has 116 valence electrons. The van der Waals surface area contributed by atoms with Gasteiger partial charge in [-0.3, -0.25) is 9.59 Å². The Morgan fingerprint density at radius 1 is 1.20 bits per heavy atom. The Morgan fingerprint density at radius 2 is 1.70 bits per heavy atom. The Morgan fingerprint density at radius 3 is 2.10 bits per heavy atom. The number of nitrogens with two attached hydrogens (primary N) is 1. The van der Waals surface area contributed by atoms with E-state index >= 15 is 0 Å². The molecule has 5 heteroatoms. The van der Waals surface area contributed by atoms with E-state index in [4.69, 9.17) is 5.73 Å². The molecule has 0 spiro atoms. The van der Waals surface area contributed by atoms with Crippen LogP contribution in [-0.4, -0.2) is 41.9 Å². The third kappa shape index (κ3) is 4.47. The molecule has 2 amide bonds. The molecular weight excluding hydrogens is 254 g/mol. The lowest BCUT2D eigenvalue weighted by Crippen LogP contribution is -2.54. The van der Waals surface area contributed by atoms with Gasteiger partial charge >= 0.3 is 0 Å². The summed E-state index contributed by atoms with van der Waals surface area (Å²) in [7, 11) is 0. The number of hydrogen-bond acceptors (Lipinski definition) is 3. The minimum absolute atomic E-state index is 0.0375. The molecule has 0 aliphatic carbocycles. The van der Waals surface area contributed by atoms with E-state index in [2.05, 4.69) is 5.32 Å². The van der Waals surface area contributed by atoms with Crippen molar-refractivity contribution in [1.29, 1.82) is 0 Å². The molecule has 0 aromatic carbocycles. The standard InChI is InChI=1S/C15H29N3O2/c1-10(2)14(20)18-8-6-11(7-9-18)17-13(19)12(16)15(3,4)5/h10-12H,6-9,16H2,1-5H3,(H,17,19)/t12-/m1/s1. The molecule has 1 saturated heterocycles. The SMILES string of the molecule is CC(C)C(=O)N1CCC(NC(=O)[C@@H](N)C(C)(C)C)CC1. The first-order valence-electron chi connectivity index (χ1n) is 7.47. The molecule has 0 unspecified atom stereocenters. The molecule has 3 N–H and O–H groups in total. The normalized spacial score (nSPS) is 19.1. The van der Waals surface area contributed by atoms with Gasteiger partial charge in [0.25, 0.3) is 0 Å². The molecular formula is C15H29N3O2. The number of amides is 2. The van der Waals surface area contributed by atoms with Crippen LogP contribution in [0.1, 0.15) is 47.5 Å². The molecule has 1 fully saturated rings. The maximum absolute atomic E-state index is 12.1. The molecule has 1 heterocycles. The second kappa shape index (κ2) is 6.57. The van der Waals surface area contributed by atoms with E-state index in [1.165, 1.54) is 0 Å². The van der Waals surface area contributed by atoms with Gasteiger partial charge in [-0.05, 0) is 18.3 Å². The summed E-state index contributed by atoms with van der Waals surface area (Å²) >= 11 is 0. The first kappa shape index (κ1) is 17.0. The Labute approximate surface area is 122 Å². The van der Waals surface area contributed by atoms with Crippen LogP contribution in [0.2, 0.25) is 0 Å². The summed E-state index contributed by atoms with van der Waals surface area (Å²) in [5, 5.41) is 3.01. The van der Waals surface area contributed by atoms with Crippen molar-refractivity contribution in [2.75, 3.05) is 13.1 Å². The fourth-order valence-electron chi connectivity index (χ4n) is 2.29. The molecule has 0 aromatic rings. The van der Waals surface area contributed by atoms with Crippen molar-refractivity contribution in [3.63, 3.8) is 0 Å². The second-order valence-electron chi connectivity index (χ2n) is 7.11. The van der Waals surface area contributed by atoms with Gasteiger partial charge in [0.1, 0.15) is 0 Å². The van der Waals surface area contributed by atoms with Gasteiger partial charge in [0.2, 0.25) is 11.8 Å². The van der Waals surface area contributed by atoms with Crippen LogP contribution in [-0.2, 0) is 9.59 Å². The zero-order chi connectivity index (χ0) is 15.5. The van der Waals surface area contributed by atoms with E-state index in [1.54, 1.807) is 0 Å². The number of hydrogen-bond donors (Lipinski definition) is 2. The molecule has 20 heavy (non-hydrogen) atoms. The molecule has 1 rings (SSSR count). The number of piperidine rings is 1. The van der Waals surface area contributed by atoms with Crippen molar-refractivity contribution in [2.45, 2.75) is 59.5 Å². The van der Waals surface area contributed by atoms with E-state index in [1.807, 2.05) is 39.5 Å². The molecule has 1 aliphatic heterocycles. The van der Waals surface area contributed by atoms with Gasteiger partial charge < -0.3 is 16.0 Å². The average Bonchev–Trinajstić information content (AvgIpc) is 2.36.